The molecule has 1 rings (SSSR count). The van der Waals surface area contributed by atoms with Crippen LogP contribution >= 0.6 is 0 Å². The van der Waals surface area contributed by atoms with E-state index in [1.807, 2.05) is 6.92 Å². The summed E-state index contributed by atoms with van der Waals surface area (Å²) in [6.45, 7) is 7.50. The topological polar surface area (TPSA) is 47.0 Å². The van der Waals surface area contributed by atoms with E-state index in [2.05, 4.69) is 29.1 Å². The molecule has 1 heterocycles. The van der Waals surface area contributed by atoms with Gasteiger partial charge in [-0.05, 0) is 6.92 Å². The lowest BCUT2D eigenvalue weighted by Crippen LogP contribution is -2.22. The van der Waals surface area contributed by atoms with Crippen LogP contribution in [0, 0.1) is 0 Å². The van der Waals surface area contributed by atoms with Crippen molar-refractivity contribution in [2.75, 3.05) is 6.61 Å². The zero-order valence-electron chi connectivity index (χ0n) is 8.95. The van der Waals surface area contributed by atoms with Crippen LogP contribution in [0.2, 0.25) is 0 Å². The number of ether oxygens (including phenoxy) is 1. The molecule has 0 aliphatic heterocycles. The second kappa shape index (κ2) is 5.54. The van der Waals surface area contributed by atoms with Gasteiger partial charge in [0.1, 0.15) is 0 Å². The monoisotopic (exact) mass is 195 g/mol. The normalized spacial score (nSPS) is 10.6. The number of rotatable bonds is 5. The first-order valence-electron chi connectivity index (χ1n) is 4.89. The second-order valence-corrected chi connectivity index (χ2v) is 3.31. The Bertz CT molecular complexity index is 259. The van der Waals surface area contributed by atoms with E-state index in [4.69, 9.17) is 4.74 Å². The van der Waals surface area contributed by atoms with E-state index in [1.54, 1.807) is 12.4 Å². The van der Waals surface area contributed by atoms with Crippen molar-refractivity contribution in [2.45, 2.75) is 33.4 Å². The minimum Gasteiger partial charge on any atom is -0.477 e. The Morgan fingerprint density at radius 1 is 1.36 bits per heavy atom. The molecule has 14 heavy (non-hydrogen) atoms. The summed E-state index contributed by atoms with van der Waals surface area (Å²) >= 11 is 0. The van der Waals surface area contributed by atoms with E-state index in [0.29, 0.717) is 18.5 Å². The first kappa shape index (κ1) is 10.9. The predicted octanol–water partition coefficient (Wildman–Crippen LogP) is 1.37. The van der Waals surface area contributed by atoms with Gasteiger partial charge < -0.3 is 10.1 Å². The van der Waals surface area contributed by atoms with Gasteiger partial charge in [-0.15, -0.1) is 0 Å². The van der Waals surface area contributed by atoms with Crippen LogP contribution in [0.25, 0.3) is 0 Å². The van der Waals surface area contributed by atoms with Crippen LogP contribution < -0.4 is 10.1 Å². The van der Waals surface area contributed by atoms with Crippen LogP contribution in [0.3, 0.4) is 0 Å². The molecule has 4 nitrogen and oxygen atoms in total. The summed E-state index contributed by atoms with van der Waals surface area (Å²) in [7, 11) is 0. The summed E-state index contributed by atoms with van der Waals surface area (Å²) in [6, 6.07) is 0.461. The van der Waals surface area contributed by atoms with Crippen molar-refractivity contribution in [3.8, 4) is 5.88 Å². The lowest BCUT2D eigenvalue weighted by molar-refractivity contribution is 0.324. The van der Waals surface area contributed by atoms with E-state index >= 15 is 0 Å². The van der Waals surface area contributed by atoms with Gasteiger partial charge in [0.25, 0.3) is 0 Å². The molecular formula is C10H17N3O. The lowest BCUT2D eigenvalue weighted by Gasteiger charge is -2.07. The Morgan fingerprint density at radius 2 is 2.14 bits per heavy atom. The molecular weight excluding hydrogens is 178 g/mol. The highest BCUT2D eigenvalue weighted by molar-refractivity contribution is 5.06. The van der Waals surface area contributed by atoms with Gasteiger partial charge in [0, 0.05) is 12.6 Å². The Hall–Kier alpha value is -1.16. The third kappa shape index (κ3) is 3.70. The van der Waals surface area contributed by atoms with Gasteiger partial charge in [0.05, 0.1) is 24.7 Å². The van der Waals surface area contributed by atoms with Crippen molar-refractivity contribution in [2.24, 2.45) is 0 Å². The highest BCUT2D eigenvalue weighted by Crippen LogP contribution is 2.03. The fourth-order valence-electron chi connectivity index (χ4n) is 0.965. The van der Waals surface area contributed by atoms with Crippen LogP contribution in [0.15, 0.2) is 12.4 Å². The van der Waals surface area contributed by atoms with Gasteiger partial charge in [-0.25, -0.2) is 4.98 Å². The second-order valence-electron chi connectivity index (χ2n) is 3.31. The molecule has 1 N–H and O–H groups in total. The van der Waals surface area contributed by atoms with E-state index in [9.17, 15) is 0 Å². The smallest absolute Gasteiger partial charge is 0.232 e. The van der Waals surface area contributed by atoms with Crippen LogP contribution in [0.4, 0.5) is 0 Å². The van der Waals surface area contributed by atoms with Crippen LogP contribution in [0.1, 0.15) is 26.5 Å². The molecule has 0 aromatic carbocycles. The van der Waals surface area contributed by atoms with Gasteiger partial charge in [-0.1, -0.05) is 13.8 Å². The molecule has 0 fully saturated rings. The lowest BCUT2D eigenvalue weighted by atomic mass is 10.3. The summed E-state index contributed by atoms with van der Waals surface area (Å²) in [4.78, 5) is 8.34. The molecule has 1 aromatic rings. The predicted molar refractivity (Wildman–Crippen MR) is 55.2 cm³/mol. The molecule has 78 valence electrons. The number of nitrogens with one attached hydrogen (secondary N) is 1. The van der Waals surface area contributed by atoms with Crippen molar-refractivity contribution >= 4 is 0 Å². The Kier molecular flexibility index (Phi) is 4.32. The zero-order chi connectivity index (χ0) is 10.4. The molecule has 0 bridgehead atoms. The fourth-order valence-corrected chi connectivity index (χ4v) is 0.965. The molecule has 0 spiro atoms. The van der Waals surface area contributed by atoms with Gasteiger partial charge >= 0.3 is 0 Å². The highest BCUT2D eigenvalue weighted by atomic mass is 16.5. The first-order valence-corrected chi connectivity index (χ1v) is 4.89. The quantitative estimate of drug-likeness (QED) is 0.771. The largest absolute Gasteiger partial charge is 0.477 e. The first-order chi connectivity index (χ1) is 6.72. The van der Waals surface area contributed by atoms with Crippen molar-refractivity contribution < 1.29 is 4.74 Å². The molecule has 1 aromatic heterocycles. The maximum Gasteiger partial charge on any atom is 0.232 e. The number of aromatic nitrogens is 2. The van der Waals surface area contributed by atoms with Crippen molar-refractivity contribution in [1.29, 1.82) is 0 Å². The maximum atomic E-state index is 5.19. The summed E-state index contributed by atoms with van der Waals surface area (Å²) in [5.74, 6) is 0.584. The molecule has 0 amide bonds. The Morgan fingerprint density at radius 3 is 2.64 bits per heavy atom. The van der Waals surface area contributed by atoms with Crippen molar-refractivity contribution in [3.05, 3.63) is 18.1 Å². The summed E-state index contributed by atoms with van der Waals surface area (Å²) in [6.07, 6.45) is 3.39. The minimum atomic E-state index is 0.461. The van der Waals surface area contributed by atoms with Gasteiger partial charge in [0.2, 0.25) is 5.88 Å². The summed E-state index contributed by atoms with van der Waals surface area (Å²) < 4.78 is 5.19. The zero-order valence-corrected chi connectivity index (χ0v) is 8.95. The molecule has 4 heteroatoms. The average molecular weight is 195 g/mol. The number of nitrogens with zero attached hydrogens (tertiary/aromatic N) is 2. The molecule has 0 aliphatic carbocycles. The fraction of sp³-hybridized carbons (Fsp3) is 0.600. The maximum absolute atomic E-state index is 5.19. The minimum absolute atomic E-state index is 0.461. The van der Waals surface area contributed by atoms with Crippen molar-refractivity contribution in [1.82, 2.24) is 15.3 Å². The van der Waals surface area contributed by atoms with Crippen LogP contribution in [-0.2, 0) is 6.54 Å². The van der Waals surface area contributed by atoms with E-state index in [-0.39, 0.29) is 0 Å². The van der Waals surface area contributed by atoms with E-state index in [0.717, 1.165) is 12.2 Å². The third-order valence-corrected chi connectivity index (χ3v) is 1.67. The summed E-state index contributed by atoms with van der Waals surface area (Å²) in [5.41, 5.74) is 0.933. The van der Waals surface area contributed by atoms with Gasteiger partial charge in [-0.2, -0.15) is 0 Å². The van der Waals surface area contributed by atoms with E-state index < -0.39 is 0 Å². The standard InChI is InChI=1S/C10H17N3O/c1-4-14-10-7-12-9(6-13-10)5-11-8(2)3/h6-8,11H,4-5H2,1-3H3. The van der Waals surface area contributed by atoms with Gasteiger partial charge in [-0.3, -0.25) is 4.98 Å². The molecule has 0 saturated carbocycles. The Balaban J connectivity index is 2.46. The molecule has 0 atom stereocenters. The molecule has 0 radical (unpaired) electrons. The van der Waals surface area contributed by atoms with Gasteiger partial charge in [0.15, 0.2) is 0 Å². The molecule has 0 aliphatic rings. The molecule has 0 unspecified atom stereocenters. The Labute approximate surface area is 84.7 Å². The third-order valence-electron chi connectivity index (χ3n) is 1.67. The molecule has 0 saturated heterocycles. The average Bonchev–Trinajstić information content (AvgIpc) is 2.17. The highest BCUT2D eigenvalue weighted by Gasteiger charge is 1.98. The van der Waals surface area contributed by atoms with Crippen LogP contribution in [0.5, 0.6) is 5.88 Å². The van der Waals surface area contributed by atoms with E-state index in [1.165, 1.54) is 0 Å². The van der Waals surface area contributed by atoms with Crippen molar-refractivity contribution in [3.63, 3.8) is 0 Å². The van der Waals surface area contributed by atoms with Crippen LogP contribution in [-0.4, -0.2) is 22.6 Å². The number of hydrogen-bond acceptors (Lipinski definition) is 4. The summed E-state index contributed by atoms with van der Waals surface area (Å²) in [5, 5.41) is 3.27. The number of hydrogen-bond donors (Lipinski definition) is 1. The SMILES string of the molecule is CCOc1cnc(CNC(C)C)cn1.